The predicted molar refractivity (Wildman–Crippen MR) is 146 cm³/mol. The van der Waals surface area contributed by atoms with Gasteiger partial charge in [-0.2, -0.15) is 0 Å². The zero-order chi connectivity index (χ0) is 27.1. The molecule has 0 spiro atoms. The number of nitrogens with zero attached hydrogens (tertiary/aromatic N) is 2. The van der Waals surface area contributed by atoms with Crippen LogP contribution >= 0.6 is 11.3 Å². The number of carbonyl (C=O) groups excluding carboxylic acids is 3. The topological polar surface area (TPSA) is 110 Å². The molecule has 1 saturated carbocycles. The first-order valence-electron chi connectivity index (χ1n) is 12.5. The van der Waals surface area contributed by atoms with Crippen LogP contribution < -0.4 is 20.1 Å². The van der Waals surface area contributed by atoms with Gasteiger partial charge >= 0.3 is 0 Å². The van der Waals surface area contributed by atoms with Crippen molar-refractivity contribution in [3.63, 3.8) is 0 Å². The molecule has 10 heteroatoms. The standard InChI is InChI=1S/C28H32N4O5S/c1-18-4-7-20(8-5-18)27(35)32(22-9-10-22)16-26(34)31-28-30-21(17-38-28)15-25(33)29-13-12-19-6-11-23(36-2)24(14-19)37-3/h4-8,11,14,17,22H,9-10,12-13,15-16H2,1-3H3,(H,29,33)(H,30,31,34). The normalized spacial score (nSPS) is 12.5. The molecule has 2 aromatic carbocycles. The van der Waals surface area contributed by atoms with E-state index in [9.17, 15) is 14.4 Å². The van der Waals surface area contributed by atoms with Gasteiger partial charge in [-0.15, -0.1) is 11.3 Å². The minimum absolute atomic E-state index is 0.0388. The molecular weight excluding hydrogens is 504 g/mol. The van der Waals surface area contributed by atoms with Gasteiger partial charge < -0.3 is 25.0 Å². The first-order valence-corrected chi connectivity index (χ1v) is 13.3. The van der Waals surface area contributed by atoms with E-state index in [-0.39, 0.29) is 36.7 Å². The number of hydrogen-bond donors (Lipinski definition) is 2. The van der Waals surface area contributed by atoms with Crippen molar-refractivity contribution >= 4 is 34.2 Å². The second-order valence-electron chi connectivity index (χ2n) is 9.19. The molecule has 0 bridgehead atoms. The zero-order valence-electron chi connectivity index (χ0n) is 21.8. The van der Waals surface area contributed by atoms with Crippen LogP contribution in [-0.2, 0) is 22.4 Å². The predicted octanol–water partition coefficient (Wildman–Crippen LogP) is 3.61. The molecule has 0 saturated heterocycles. The Hall–Kier alpha value is -3.92. The van der Waals surface area contributed by atoms with Gasteiger partial charge in [-0.05, 0) is 56.0 Å². The molecular formula is C28H32N4O5S. The van der Waals surface area contributed by atoms with Crippen LogP contribution in [0, 0.1) is 6.92 Å². The summed E-state index contributed by atoms with van der Waals surface area (Å²) >= 11 is 1.25. The van der Waals surface area contributed by atoms with Crippen molar-refractivity contribution in [3.05, 3.63) is 70.2 Å². The summed E-state index contributed by atoms with van der Waals surface area (Å²) in [6.07, 6.45) is 2.54. The van der Waals surface area contributed by atoms with Crippen LogP contribution in [0.25, 0.3) is 0 Å². The summed E-state index contributed by atoms with van der Waals surface area (Å²) in [5, 5.41) is 7.82. The summed E-state index contributed by atoms with van der Waals surface area (Å²) in [7, 11) is 3.17. The molecule has 200 valence electrons. The number of benzene rings is 2. The maximum absolute atomic E-state index is 13.0. The molecule has 1 heterocycles. The number of aromatic nitrogens is 1. The van der Waals surface area contributed by atoms with Crippen molar-refractivity contribution in [2.75, 3.05) is 32.6 Å². The molecule has 38 heavy (non-hydrogen) atoms. The van der Waals surface area contributed by atoms with Gasteiger partial charge in [0, 0.05) is 23.5 Å². The molecule has 3 aromatic rings. The average molecular weight is 537 g/mol. The Labute approximate surface area is 226 Å². The molecule has 1 aliphatic carbocycles. The Kier molecular flexibility index (Phi) is 8.96. The summed E-state index contributed by atoms with van der Waals surface area (Å²) in [6.45, 7) is 2.39. The van der Waals surface area contributed by atoms with Crippen LogP contribution in [0.3, 0.4) is 0 Å². The van der Waals surface area contributed by atoms with Gasteiger partial charge in [0.05, 0.1) is 26.3 Å². The lowest BCUT2D eigenvalue weighted by Crippen LogP contribution is -2.39. The quantitative estimate of drug-likeness (QED) is 0.366. The highest BCUT2D eigenvalue weighted by Crippen LogP contribution is 2.29. The van der Waals surface area contributed by atoms with Crippen LogP contribution in [0.2, 0.25) is 0 Å². The Morgan fingerprint density at radius 1 is 1.03 bits per heavy atom. The highest BCUT2D eigenvalue weighted by molar-refractivity contribution is 7.13. The third kappa shape index (κ3) is 7.32. The van der Waals surface area contributed by atoms with Crippen molar-refractivity contribution in [1.29, 1.82) is 0 Å². The third-order valence-corrected chi connectivity index (χ3v) is 6.99. The molecule has 1 fully saturated rings. The van der Waals surface area contributed by atoms with Crippen molar-refractivity contribution in [1.82, 2.24) is 15.2 Å². The van der Waals surface area contributed by atoms with E-state index >= 15 is 0 Å². The SMILES string of the molecule is COc1ccc(CCNC(=O)Cc2csc(NC(=O)CN(C(=O)c3ccc(C)cc3)C3CC3)n2)cc1OC. The zero-order valence-corrected chi connectivity index (χ0v) is 22.6. The summed E-state index contributed by atoms with van der Waals surface area (Å²) in [4.78, 5) is 44.1. The molecule has 0 unspecified atom stereocenters. The highest BCUT2D eigenvalue weighted by atomic mass is 32.1. The minimum atomic E-state index is -0.308. The summed E-state index contributed by atoms with van der Waals surface area (Å²) < 4.78 is 10.6. The van der Waals surface area contributed by atoms with E-state index < -0.39 is 0 Å². The lowest BCUT2D eigenvalue weighted by atomic mass is 10.1. The largest absolute Gasteiger partial charge is 0.493 e. The van der Waals surface area contributed by atoms with Crippen LogP contribution in [-0.4, -0.2) is 61.0 Å². The summed E-state index contributed by atoms with van der Waals surface area (Å²) in [5.41, 5.74) is 3.24. The van der Waals surface area contributed by atoms with Crippen LogP contribution in [0.15, 0.2) is 47.8 Å². The molecule has 1 aliphatic rings. The fraction of sp³-hybridized carbons (Fsp3) is 0.357. The first-order chi connectivity index (χ1) is 18.4. The number of methoxy groups -OCH3 is 2. The van der Waals surface area contributed by atoms with E-state index in [4.69, 9.17) is 9.47 Å². The first kappa shape index (κ1) is 27.1. The molecule has 2 N–H and O–H groups in total. The molecule has 0 atom stereocenters. The number of ether oxygens (including phenoxy) is 2. The number of amides is 3. The minimum Gasteiger partial charge on any atom is -0.493 e. The molecule has 0 radical (unpaired) electrons. The van der Waals surface area contributed by atoms with Crippen LogP contribution in [0.1, 0.15) is 40.0 Å². The number of aryl methyl sites for hydroxylation is 1. The van der Waals surface area contributed by atoms with Gasteiger partial charge in [-0.1, -0.05) is 23.8 Å². The van der Waals surface area contributed by atoms with Gasteiger partial charge in [0.1, 0.15) is 6.54 Å². The lowest BCUT2D eigenvalue weighted by Gasteiger charge is -2.21. The van der Waals surface area contributed by atoms with E-state index in [2.05, 4.69) is 15.6 Å². The van der Waals surface area contributed by atoms with Gasteiger partial charge in [0.2, 0.25) is 11.8 Å². The number of anilines is 1. The van der Waals surface area contributed by atoms with E-state index in [0.29, 0.717) is 40.9 Å². The van der Waals surface area contributed by atoms with E-state index in [1.807, 2.05) is 37.3 Å². The Morgan fingerprint density at radius 2 is 1.76 bits per heavy atom. The van der Waals surface area contributed by atoms with E-state index in [1.165, 1.54) is 11.3 Å². The third-order valence-electron chi connectivity index (χ3n) is 6.18. The van der Waals surface area contributed by atoms with Gasteiger partial charge in [0.15, 0.2) is 16.6 Å². The smallest absolute Gasteiger partial charge is 0.254 e. The second kappa shape index (κ2) is 12.6. The Bertz CT molecular complexity index is 1290. The fourth-order valence-corrected chi connectivity index (χ4v) is 4.71. The maximum atomic E-state index is 13.0. The Morgan fingerprint density at radius 3 is 2.45 bits per heavy atom. The van der Waals surface area contributed by atoms with Gasteiger partial charge in [-0.25, -0.2) is 4.98 Å². The number of rotatable bonds is 12. The van der Waals surface area contributed by atoms with Gasteiger partial charge in [-0.3, -0.25) is 14.4 Å². The van der Waals surface area contributed by atoms with E-state index in [1.54, 1.807) is 36.6 Å². The highest BCUT2D eigenvalue weighted by Gasteiger charge is 2.34. The Balaban J connectivity index is 1.24. The molecule has 4 rings (SSSR count). The maximum Gasteiger partial charge on any atom is 0.254 e. The van der Waals surface area contributed by atoms with Crippen LogP contribution in [0.5, 0.6) is 11.5 Å². The number of nitrogens with one attached hydrogen (secondary N) is 2. The molecule has 9 nitrogen and oxygen atoms in total. The van der Waals surface area contributed by atoms with Gasteiger partial charge in [0.25, 0.3) is 5.91 Å². The summed E-state index contributed by atoms with van der Waals surface area (Å²) in [5.74, 6) is 0.695. The van der Waals surface area contributed by atoms with Crippen LogP contribution in [0.4, 0.5) is 5.13 Å². The average Bonchev–Trinajstić information content (AvgIpc) is 3.67. The monoisotopic (exact) mass is 536 g/mol. The van der Waals surface area contributed by atoms with Crippen molar-refractivity contribution in [3.8, 4) is 11.5 Å². The fourth-order valence-electron chi connectivity index (χ4n) is 3.98. The van der Waals surface area contributed by atoms with Crippen molar-refractivity contribution in [2.24, 2.45) is 0 Å². The van der Waals surface area contributed by atoms with Crippen molar-refractivity contribution < 1.29 is 23.9 Å². The number of carbonyl (C=O) groups is 3. The molecule has 3 amide bonds. The lowest BCUT2D eigenvalue weighted by molar-refractivity contribution is -0.120. The number of thiazole rings is 1. The second-order valence-corrected chi connectivity index (χ2v) is 10.0. The molecule has 0 aliphatic heterocycles. The molecule has 1 aromatic heterocycles. The summed E-state index contributed by atoms with van der Waals surface area (Å²) in [6, 6.07) is 13.1. The van der Waals surface area contributed by atoms with E-state index in [0.717, 1.165) is 24.0 Å². The van der Waals surface area contributed by atoms with Crippen molar-refractivity contribution in [2.45, 2.75) is 38.6 Å². The number of hydrogen-bond acceptors (Lipinski definition) is 7.